The molecule has 4 rings (SSSR count). The number of anilines is 1. The summed E-state index contributed by atoms with van der Waals surface area (Å²) in [7, 11) is 0. The van der Waals surface area contributed by atoms with Crippen LogP contribution in [0.25, 0.3) is 0 Å². The van der Waals surface area contributed by atoms with Gasteiger partial charge in [0, 0.05) is 17.4 Å². The van der Waals surface area contributed by atoms with Gasteiger partial charge in [0.25, 0.3) is 0 Å². The lowest BCUT2D eigenvalue weighted by atomic mass is 9.77. The van der Waals surface area contributed by atoms with Crippen molar-refractivity contribution < 1.29 is 0 Å². The third-order valence-electron chi connectivity index (χ3n) is 5.64. The predicted octanol–water partition coefficient (Wildman–Crippen LogP) is 5.13. The first-order valence-corrected chi connectivity index (χ1v) is 8.54. The SMILES string of the molecule is Cc1ccccc1N1C(C)c2ncccc2C12CCCCC2. The highest BCUT2D eigenvalue weighted by Crippen LogP contribution is 2.54. The second-order valence-electron chi connectivity index (χ2n) is 6.86. The molecule has 1 spiro atoms. The van der Waals surface area contributed by atoms with Crippen LogP contribution in [0.1, 0.15) is 61.9 Å². The molecule has 1 aliphatic carbocycles. The van der Waals surface area contributed by atoms with Gasteiger partial charge in [0.15, 0.2) is 0 Å². The molecule has 1 aromatic carbocycles. The molecule has 2 heteroatoms. The van der Waals surface area contributed by atoms with Gasteiger partial charge in [-0.3, -0.25) is 4.98 Å². The molecule has 0 amide bonds. The van der Waals surface area contributed by atoms with Crippen LogP contribution in [0, 0.1) is 6.92 Å². The molecule has 0 radical (unpaired) electrons. The van der Waals surface area contributed by atoms with Crippen LogP contribution >= 0.6 is 0 Å². The summed E-state index contributed by atoms with van der Waals surface area (Å²) in [6.07, 6.45) is 8.47. The molecule has 22 heavy (non-hydrogen) atoms. The molecule has 114 valence electrons. The zero-order valence-corrected chi connectivity index (χ0v) is 13.5. The number of aryl methyl sites for hydroxylation is 1. The van der Waals surface area contributed by atoms with Crippen molar-refractivity contribution in [2.75, 3.05) is 4.90 Å². The number of hydrogen-bond acceptors (Lipinski definition) is 2. The van der Waals surface area contributed by atoms with Gasteiger partial charge in [0.2, 0.25) is 0 Å². The second-order valence-corrected chi connectivity index (χ2v) is 6.86. The van der Waals surface area contributed by atoms with E-state index < -0.39 is 0 Å². The third kappa shape index (κ3) is 1.83. The summed E-state index contributed by atoms with van der Waals surface area (Å²) in [6, 6.07) is 13.6. The van der Waals surface area contributed by atoms with Gasteiger partial charge in [-0.1, -0.05) is 43.5 Å². The molecule has 0 N–H and O–H groups in total. The summed E-state index contributed by atoms with van der Waals surface area (Å²) in [5.74, 6) is 0. The Morgan fingerprint density at radius 3 is 2.59 bits per heavy atom. The Bertz CT molecular complexity index is 686. The van der Waals surface area contributed by atoms with Gasteiger partial charge in [0.1, 0.15) is 0 Å². The number of hydrogen-bond donors (Lipinski definition) is 0. The van der Waals surface area contributed by atoms with Crippen molar-refractivity contribution >= 4 is 5.69 Å². The summed E-state index contributed by atoms with van der Waals surface area (Å²) in [5, 5.41) is 0. The van der Waals surface area contributed by atoms with Crippen LogP contribution in [-0.4, -0.2) is 4.98 Å². The Labute approximate surface area is 133 Å². The number of nitrogens with zero attached hydrogens (tertiary/aromatic N) is 2. The predicted molar refractivity (Wildman–Crippen MR) is 91.1 cm³/mol. The fourth-order valence-corrected chi connectivity index (χ4v) is 4.69. The van der Waals surface area contributed by atoms with Crippen LogP contribution in [0.4, 0.5) is 5.69 Å². The number of para-hydroxylation sites is 1. The second kappa shape index (κ2) is 5.12. The molecule has 1 unspecified atom stereocenters. The van der Waals surface area contributed by atoms with Crippen molar-refractivity contribution in [1.29, 1.82) is 0 Å². The monoisotopic (exact) mass is 292 g/mol. The molecular formula is C20H24N2. The van der Waals surface area contributed by atoms with Crippen LogP contribution < -0.4 is 4.90 Å². The van der Waals surface area contributed by atoms with Gasteiger partial charge in [-0.25, -0.2) is 0 Å². The highest BCUT2D eigenvalue weighted by molar-refractivity contribution is 5.62. The number of pyridine rings is 1. The molecule has 1 atom stereocenters. The van der Waals surface area contributed by atoms with E-state index in [0.29, 0.717) is 6.04 Å². The summed E-state index contributed by atoms with van der Waals surface area (Å²) in [5.41, 5.74) is 5.67. The Morgan fingerprint density at radius 2 is 1.82 bits per heavy atom. The Kier molecular flexibility index (Phi) is 3.21. The molecule has 2 nitrogen and oxygen atoms in total. The van der Waals surface area contributed by atoms with Gasteiger partial charge in [0.05, 0.1) is 17.3 Å². The van der Waals surface area contributed by atoms with E-state index in [1.807, 2.05) is 6.20 Å². The van der Waals surface area contributed by atoms with Crippen LogP contribution in [0.5, 0.6) is 0 Å². The van der Waals surface area contributed by atoms with E-state index >= 15 is 0 Å². The van der Waals surface area contributed by atoms with Crippen molar-refractivity contribution in [1.82, 2.24) is 4.98 Å². The molecule has 2 aromatic rings. The lowest BCUT2D eigenvalue weighted by Gasteiger charge is -2.45. The molecule has 1 saturated carbocycles. The minimum absolute atomic E-state index is 0.160. The summed E-state index contributed by atoms with van der Waals surface area (Å²) < 4.78 is 0. The first-order valence-electron chi connectivity index (χ1n) is 8.54. The number of benzene rings is 1. The average molecular weight is 292 g/mol. The van der Waals surface area contributed by atoms with E-state index in [9.17, 15) is 0 Å². The molecule has 0 bridgehead atoms. The minimum Gasteiger partial charge on any atom is -0.353 e. The third-order valence-corrected chi connectivity index (χ3v) is 5.64. The van der Waals surface area contributed by atoms with Gasteiger partial charge in [-0.05, 0) is 44.4 Å². The molecule has 0 saturated heterocycles. The Morgan fingerprint density at radius 1 is 1.05 bits per heavy atom. The molecule has 1 aliphatic heterocycles. The summed E-state index contributed by atoms with van der Waals surface area (Å²) in [6.45, 7) is 4.55. The maximum absolute atomic E-state index is 4.75. The quantitative estimate of drug-likeness (QED) is 0.724. The van der Waals surface area contributed by atoms with E-state index in [4.69, 9.17) is 4.98 Å². The lowest BCUT2D eigenvalue weighted by Crippen LogP contribution is -2.44. The molecule has 2 heterocycles. The smallest absolute Gasteiger partial charge is 0.0698 e. The van der Waals surface area contributed by atoms with Crippen molar-refractivity contribution in [2.24, 2.45) is 0 Å². The highest BCUT2D eigenvalue weighted by atomic mass is 15.3. The highest BCUT2D eigenvalue weighted by Gasteiger charge is 2.49. The van der Waals surface area contributed by atoms with Gasteiger partial charge < -0.3 is 4.90 Å². The Hall–Kier alpha value is -1.83. The minimum atomic E-state index is 0.160. The first kappa shape index (κ1) is 13.8. The van der Waals surface area contributed by atoms with E-state index in [-0.39, 0.29) is 5.54 Å². The van der Waals surface area contributed by atoms with E-state index in [2.05, 4.69) is 55.1 Å². The maximum atomic E-state index is 4.75. The number of aromatic nitrogens is 1. The average Bonchev–Trinajstić information content (AvgIpc) is 2.79. The first-order chi connectivity index (χ1) is 10.7. The molecular weight excluding hydrogens is 268 g/mol. The van der Waals surface area contributed by atoms with Crippen molar-refractivity contribution in [2.45, 2.75) is 57.5 Å². The van der Waals surface area contributed by atoms with Crippen LogP contribution in [-0.2, 0) is 5.54 Å². The van der Waals surface area contributed by atoms with E-state index in [0.717, 1.165) is 0 Å². The van der Waals surface area contributed by atoms with Crippen LogP contribution in [0.15, 0.2) is 42.6 Å². The maximum Gasteiger partial charge on any atom is 0.0698 e. The van der Waals surface area contributed by atoms with Crippen LogP contribution in [0.2, 0.25) is 0 Å². The fourth-order valence-electron chi connectivity index (χ4n) is 4.69. The number of rotatable bonds is 1. The van der Waals surface area contributed by atoms with Gasteiger partial charge in [-0.2, -0.15) is 0 Å². The van der Waals surface area contributed by atoms with Crippen molar-refractivity contribution in [3.05, 3.63) is 59.4 Å². The fraction of sp³-hybridized carbons (Fsp3) is 0.450. The standard InChI is InChI=1S/C20H24N2/c1-15-9-4-5-11-18(15)22-16(2)19-17(10-8-14-21-19)20(22)12-6-3-7-13-20/h4-5,8-11,14,16H,3,6-7,12-13H2,1-2H3. The zero-order chi connectivity index (χ0) is 15.2. The van der Waals surface area contributed by atoms with E-state index in [1.165, 1.54) is 54.6 Å². The van der Waals surface area contributed by atoms with Crippen molar-refractivity contribution in [3.63, 3.8) is 0 Å². The topological polar surface area (TPSA) is 16.1 Å². The Balaban J connectivity index is 1.92. The summed E-state index contributed by atoms with van der Waals surface area (Å²) in [4.78, 5) is 7.43. The molecule has 1 aromatic heterocycles. The van der Waals surface area contributed by atoms with Crippen molar-refractivity contribution in [3.8, 4) is 0 Å². The zero-order valence-electron chi connectivity index (χ0n) is 13.5. The number of fused-ring (bicyclic) bond motifs is 2. The van der Waals surface area contributed by atoms with Gasteiger partial charge >= 0.3 is 0 Å². The normalized spacial score (nSPS) is 22.8. The molecule has 1 fully saturated rings. The van der Waals surface area contributed by atoms with E-state index in [1.54, 1.807) is 0 Å². The largest absolute Gasteiger partial charge is 0.353 e. The summed E-state index contributed by atoms with van der Waals surface area (Å²) >= 11 is 0. The molecule has 2 aliphatic rings. The lowest BCUT2D eigenvalue weighted by molar-refractivity contribution is 0.284. The van der Waals surface area contributed by atoms with Gasteiger partial charge in [-0.15, -0.1) is 0 Å². The van der Waals surface area contributed by atoms with Crippen LogP contribution in [0.3, 0.4) is 0 Å².